The second kappa shape index (κ2) is 11.5. The van der Waals surface area contributed by atoms with Crippen molar-refractivity contribution in [3.8, 4) is 0 Å². The maximum atomic E-state index is 2.52. The molecule has 0 bridgehead atoms. The Morgan fingerprint density at radius 3 is 1.65 bits per heavy atom. The molecule has 0 aromatic carbocycles. The van der Waals surface area contributed by atoms with E-state index in [1.165, 1.54) is 51.4 Å². The van der Waals surface area contributed by atoms with Crippen molar-refractivity contribution < 1.29 is 0 Å². The fourth-order valence-corrected chi connectivity index (χ4v) is 4.86. The molecular weight excluding hydrogens is 276 g/mol. The predicted molar refractivity (Wildman–Crippen MR) is 106 cm³/mol. The third-order valence-corrected chi connectivity index (χ3v) is 6.70. The molecule has 2 rings (SSSR count). The summed E-state index contributed by atoms with van der Waals surface area (Å²) >= 11 is 0. The first-order valence-corrected chi connectivity index (χ1v) is 11.0. The first-order chi connectivity index (χ1) is 11.0. The Hall–Kier alpha value is 0. The van der Waals surface area contributed by atoms with Gasteiger partial charge in [0.1, 0.15) is 0 Å². The largest absolute Gasteiger partial charge is 0.0683 e. The van der Waals surface area contributed by atoms with Crippen LogP contribution in [0.2, 0.25) is 0 Å². The second-order valence-corrected chi connectivity index (χ2v) is 9.09. The minimum absolute atomic E-state index is 0.887. The van der Waals surface area contributed by atoms with Gasteiger partial charge in [-0.2, -0.15) is 0 Å². The van der Waals surface area contributed by atoms with Crippen LogP contribution in [0, 0.1) is 35.5 Å². The molecule has 0 spiro atoms. The third-order valence-electron chi connectivity index (χ3n) is 6.70. The maximum Gasteiger partial charge on any atom is -0.0388 e. The summed E-state index contributed by atoms with van der Waals surface area (Å²) in [4.78, 5) is 0. The zero-order chi connectivity index (χ0) is 17.2. The van der Waals surface area contributed by atoms with Crippen LogP contribution < -0.4 is 0 Å². The Kier molecular flexibility index (Phi) is 10.6. The summed E-state index contributed by atoms with van der Waals surface area (Å²) in [7, 11) is 0. The fourth-order valence-electron chi connectivity index (χ4n) is 4.86. The van der Waals surface area contributed by atoms with Crippen molar-refractivity contribution in [2.24, 2.45) is 35.5 Å². The topological polar surface area (TPSA) is 0 Å². The smallest absolute Gasteiger partial charge is 0.0388 e. The minimum atomic E-state index is 0.887. The van der Waals surface area contributed by atoms with Crippen LogP contribution in [-0.4, -0.2) is 0 Å². The normalized spacial score (nSPS) is 33.0. The lowest BCUT2D eigenvalue weighted by atomic mass is 9.70. The van der Waals surface area contributed by atoms with Gasteiger partial charge in [-0.15, -0.1) is 0 Å². The van der Waals surface area contributed by atoms with Crippen molar-refractivity contribution in [1.82, 2.24) is 0 Å². The van der Waals surface area contributed by atoms with Gasteiger partial charge in [0.2, 0.25) is 0 Å². The quantitative estimate of drug-likeness (QED) is 0.463. The van der Waals surface area contributed by atoms with Gasteiger partial charge in [-0.3, -0.25) is 0 Å². The van der Waals surface area contributed by atoms with Gasteiger partial charge in [-0.05, 0) is 54.8 Å². The summed E-state index contributed by atoms with van der Waals surface area (Å²) in [5, 5.41) is 0. The molecule has 0 N–H and O–H groups in total. The van der Waals surface area contributed by atoms with Crippen LogP contribution in [0.1, 0.15) is 112 Å². The molecular formula is C23H46. The lowest BCUT2D eigenvalue weighted by Gasteiger charge is -2.35. The highest BCUT2D eigenvalue weighted by atomic mass is 14.3. The molecule has 0 saturated heterocycles. The first kappa shape index (κ1) is 21.0. The third kappa shape index (κ3) is 8.08. The molecule has 2 aliphatic rings. The Balaban J connectivity index is 0.00000127. The number of rotatable bonds is 6. The van der Waals surface area contributed by atoms with Crippen LogP contribution >= 0.6 is 0 Å². The molecule has 0 aromatic rings. The van der Waals surface area contributed by atoms with Crippen LogP contribution in [0.15, 0.2) is 0 Å². The van der Waals surface area contributed by atoms with Crippen LogP contribution in [0.5, 0.6) is 0 Å². The molecule has 0 nitrogen and oxygen atoms in total. The lowest BCUT2D eigenvalue weighted by molar-refractivity contribution is 0.165. The van der Waals surface area contributed by atoms with E-state index >= 15 is 0 Å². The monoisotopic (exact) mass is 322 g/mol. The molecule has 1 unspecified atom stereocenters. The van der Waals surface area contributed by atoms with Gasteiger partial charge in [-0.25, -0.2) is 0 Å². The van der Waals surface area contributed by atoms with Gasteiger partial charge in [0.15, 0.2) is 0 Å². The first-order valence-electron chi connectivity index (χ1n) is 11.0. The highest BCUT2D eigenvalue weighted by molar-refractivity contribution is 4.79. The van der Waals surface area contributed by atoms with Crippen molar-refractivity contribution in [1.29, 1.82) is 0 Å². The van der Waals surface area contributed by atoms with E-state index in [9.17, 15) is 0 Å². The van der Waals surface area contributed by atoms with E-state index in [0.717, 1.165) is 35.5 Å². The highest BCUT2D eigenvalue weighted by Crippen LogP contribution is 2.40. The van der Waals surface area contributed by atoms with E-state index in [2.05, 4.69) is 27.7 Å². The van der Waals surface area contributed by atoms with Crippen molar-refractivity contribution in [3.63, 3.8) is 0 Å². The predicted octanol–water partition coefficient (Wildman–Crippen LogP) is 8.11. The average molecular weight is 323 g/mol. The van der Waals surface area contributed by atoms with Crippen molar-refractivity contribution in [3.05, 3.63) is 0 Å². The molecule has 2 aliphatic carbocycles. The van der Waals surface area contributed by atoms with Gasteiger partial charge in [0, 0.05) is 0 Å². The molecule has 0 heteroatoms. The molecule has 0 heterocycles. The molecule has 1 atom stereocenters. The molecule has 0 aliphatic heterocycles. The summed E-state index contributed by atoms with van der Waals surface area (Å²) in [6.45, 7) is 13.7. The Bertz CT molecular complexity index is 264. The zero-order valence-electron chi connectivity index (χ0n) is 17.2. The van der Waals surface area contributed by atoms with Crippen LogP contribution in [0.3, 0.4) is 0 Å². The minimum Gasteiger partial charge on any atom is -0.0683 e. The summed E-state index contributed by atoms with van der Waals surface area (Å²) in [5.74, 6) is 6.09. The second-order valence-electron chi connectivity index (χ2n) is 9.09. The zero-order valence-corrected chi connectivity index (χ0v) is 17.2. The Labute approximate surface area is 148 Å². The molecule has 0 radical (unpaired) electrons. The summed E-state index contributed by atoms with van der Waals surface area (Å²) in [6.07, 6.45) is 16.7. The van der Waals surface area contributed by atoms with Crippen molar-refractivity contribution in [2.75, 3.05) is 0 Å². The van der Waals surface area contributed by atoms with Gasteiger partial charge in [-0.1, -0.05) is 92.9 Å². The molecule has 2 saturated carbocycles. The van der Waals surface area contributed by atoms with Crippen molar-refractivity contribution in [2.45, 2.75) is 112 Å². The van der Waals surface area contributed by atoms with Crippen LogP contribution in [-0.2, 0) is 0 Å². The van der Waals surface area contributed by atoms with Crippen LogP contribution in [0.4, 0.5) is 0 Å². The summed E-state index contributed by atoms with van der Waals surface area (Å²) in [5.41, 5.74) is 0. The van der Waals surface area contributed by atoms with Crippen molar-refractivity contribution >= 4 is 0 Å². The maximum absolute atomic E-state index is 2.52. The van der Waals surface area contributed by atoms with E-state index in [-0.39, 0.29) is 0 Å². The van der Waals surface area contributed by atoms with E-state index in [0.29, 0.717) is 0 Å². The molecule has 0 amide bonds. The average Bonchev–Trinajstić information content (AvgIpc) is 2.57. The van der Waals surface area contributed by atoms with E-state index in [4.69, 9.17) is 0 Å². The van der Waals surface area contributed by atoms with E-state index < -0.39 is 0 Å². The van der Waals surface area contributed by atoms with E-state index in [1.54, 1.807) is 19.3 Å². The number of hydrogen-bond donors (Lipinski definition) is 0. The molecule has 138 valence electrons. The molecule has 0 aromatic heterocycles. The van der Waals surface area contributed by atoms with Crippen LogP contribution in [0.25, 0.3) is 0 Å². The van der Waals surface area contributed by atoms with Gasteiger partial charge in [0.05, 0.1) is 0 Å². The standard InChI is InChI=1S/C21H40.C2H6/c1-16(2)5-8-18(4)21-13-11-20(12-14-21)15-19-9-6-17(3)7-10-19;1-2/h16-21H,5-15H2,1-4H3;1-2H3. The molecule has 2 fully saturated rings. The Morgan fingerprint density at radius 2 is 1.17 bits per heavy atom. The van der Waals surface area contributed by atoms with Gasteiger partial charge >= 0.3 is 0 Å². The fraction of sp³-hybridized carbons (Fsp3) is 1.00. The SMILES string of the molecule is CC.CC(C)CCC(C)C1CCC(CC2CCC(C)CC2)CC1. The summed E-state index contributed by atoms with van der Waals surface area (Å²) in [6, 6.07) is 0. The van der Waals surface area contributed by atoms with Gasteiger partial charge in [0.25, 0.3) is 0 Å². The lowest BCUT2D eigenvalue weighted by Crippen LogP contribution is -2.23. The van der Waals surface area contributed by atoms with Gasteiger partial charge < -0.3 is 0 Å². The number of hydrogen-bond acceptors (Lipinski definition) is 0. The van der Waals surface area contributed by atoms with E-state index in [1.807, 2.05) is 13.8 Å². The highest BCUT2D eigenvalue weighted by Gasteiger charge is 2.28. The summed E-state index contributed by atoms with van der Waals surface area (Å²) < 4.78 is 0. The molecule has 23 heavy (non-hydrogen) atoms. The Morgan fingerprint density at radius 1 is 0.696 bits per heavy atom.